The van der Waals surface area contributed by atoms with Gasteiger partial charge < -0.3 is 4.74 Å². The molecule has 0 radical (unpaired) electrons. The smallest absolute Gasteiger partial charge is 0.340 e. The SMILES string of the molecule is CC1(C)N=C([C@@H]2C[C@H]3C=C[C@@H]2C3)OC1=O. The van der Waals surface area contributed by atoms with Gasteiger partial charge in [0.2, 0.25) is 0 Å². The minimum atomic E-state index is -0.666. The first-order valence-corrected chi connectivity index (χ1v) is 5.56. The Morgan fingerprint density at radius 1 is 1.40 bits per heavy atom. The van der Waals surface area contributed by atoms with E-state index >= 15 is 0 Å². The van der Waals surface area contributed by atoms with Gasteiger partial charge in [-0.15, -0.1) is 0 Å². The number of fused-ring (bicyclic) bond motifs is 2. The van der Waals surface area contributed by atoms with Crippen LogP contribution in [0.4, 0.5) is 0 Å². The van der Waals surface area contributed by atoms with E-state index in [4.69, 9.17) is 4.74 Å². The van der Waals surface area contributed by atoms with Gasteiger partial charge in [0, 0.05) is 5.92 Å². The number of hydrogen-bond acceptors (Lipinski definition) is 3. The fraction of sp³-hybridized carbons (Fsp3) is 0.667. The average molecular weight is 205 g/mol. The fourth-order valence-corrected chi connectivity index (χ4v) is 2.79. The molecule has 0 aromatic rings. The number of hydrogen-bond donors (Lipinski definition) is 0. The van der Waals surface area contributed by atoms with Gasteiger partial charge in [0.25, 0.3) is 0 Å². The number of carbonyl (C=O) groups excluding carboxylic acids is 1. The third-order valence-corrected chi connectivity index (χ3v) is 3.68. The second-order valence-corrected chi connectivity index (χ2v) is 5.29. The molecule has 0 aromatic heterocycles. The summed E-state index contributed by atoms with van der Waals surface area (Å²) in [5.41, 5.74) is -0.666. The molecule has 0 amide bonds. The molecule has 3 aliphatic rings. The highest BCUT2D eigenvalue weighted by molar-refractivity contribution is 6.00. The van der Waals surface area contributed by atoms with Crippen LogP contribution in [0.1, 0.15) is 26.7 Å². The molecule has 0 N–H and O–H groups in total. The van der Waals surface area contributed by atoms with Gasteiger partial charge in [-0.2, -0.15) is 0 Å². The summed E-state index contributed by atoms with van der Waals surface area (Å²) in [4.78, 5) is 15.9. The first-order chi connectivity index (χ1) is 7.06. The molecule has 2 aliphatic carbocycles. The Morgan fingerprint density at radius 2 is 2.20 bits per heavy atom. The van der Waals surface area contributed by atoms with Crippen LogP contribution in [0, 0.1) is 17.8 Å². The van der Waals surface area contributed by atoms with E-state index in [1.165, 1.54) is 6.42 Å². The third kappa shape index (κ3) is 1.25. The number of ether oxygens (including phenoxy) is 1. The Balaban J connectivity index is 1.86. The predicted octanol–water partition coefficient (Wildman–Crippen LogP) is 1.93. The van der Waals surface area contributed by atoms with Gasteiger partial charge in [-0.25, -0.2) is 9.79 Å². The van der Waals surface area contributed by atoms with Crippen LogP contribution in [0.25, 0.3) is 0 Å². The fourth-order valence-electron chi connectivity index (χ4n) is 2.79. The van der Waals surface area contributed by atoms with Gasteiger partial charge in [-0.3, -0.25) is 0 Å². The number of esters is 1. The number of cyclic esters (lactones) is 1. The number of allylic oxidation sites excluding steroid dienone is 2. The number of rotatable bonds is 1. The van der Waals surface area contributed by atoms with Crippen LogP contribution in [0.3, 0.4) is 0 Å². The van der Waals surface area contributed by atoms with Crippen LogP contribution in [-0.4, -0.2) is 17.4 Å². The summed E-state index contributed by atoms with van der Waals surface area (Å²) in [5.74, 6) is 2.07. The van der Waals surface area contributed by atoms with E-state index in [2.05, 4.69) is 17.1 Å². The van der Waals surface area contributed by atoms with Crippen molar-refractivity contribution >= 4 is 11.9 Å². The monoisotopic (exact) mass is 205 g/mol. The van der Waals surface area contributed by atoms with E-state index in [0.29, 0.717) is 23.7 Å². The molecular weight excluding hydrogens is 190 g/mol. The largest absolute Gasteiger partial charge is 0.410 e. The molecule has 0 unspecified atom stereocenters. The van der Waals surface area contributed by atoms with Crippen molar-refractivity contribution in [3.05, 3.63) is 12.2 Å². The van der Waals surface area contributed by atoms with E-state index in [1.807, 2.05) is 13.8 Å². The molecule has 0 aromatic carbocycles. The molecule has 0 spiro atoms. The predicted molar refractivity (Wildman–Crippen MR) is 56.5 cm³/mol. The first-order valence-electron chi connectivity index (χ1n) is 5.56. The van der Waals surface area contributed by atoms with Crippen LogP contribution < -0.4 is 0 Å². The number of carbonyl (C=O) groups is 1. The van der Waals surface area contributed by atoms with E-state index in [9.17, 15) is 4.79 Å². The summed E-state index contributed by atoms with van der Waals surface area (Å²) in [7, 11) is 0. The van der Waals surface area contributed by atoms with Crippen molar-refractivity contribution in [1.82, 2.24) is 0 Å². The van der Waals surface area contributed by atoms with Crippen molar-refractivity contribution in [2.75, 3.05) is 0 Å². The zero-order chi connectivity index (χ0) is 10.6. The van der Waals surface area contributed by atoms with Crippen molar-refractivity contribution in [3.63, 3.8) is 0 Å². The van der Waals surface area contributed by atoms with Crippen molar-refractivity contribution in [1.29, 1.82) is 0 Å². The molecule has 3 nitrogen and oxygen atoms in total. The van der Waals surface area contributed by atoms with E-state index in [1.54, 1.807) is 0 Å². The molecule has 1 heterocycles. The summed E-state index contributed by atoms with van der Waals surface area (Å²) in [5, 5.41) is 0. The Bertz CT molecular complexity index is 381. The molecular formula is C12H15NO2. The zero-order valence-corrected chi connectivity index (χ0v) is 9.06. The topological polar surface area (TPSA) is 38.7 Å². The minimum Gasteiger partial charge on any atom is -0.410 e. The second kappa shape index (κ2) is 2.71. The summed E-state index contributed by atoms with van der Waals surface area (Å²) >= 11 is 0. The Hall–Kier alpha value is -1.12. The van der Waals surface area contributed by atoms with Gasteiger partial charge in [0.15, 0.2) is 11.4 Å². The molecule has 1 saturated carbocycles. The average Bonchev–Trinajstić information content (AvgIpc) is 2.81. The van der Waals surface area contributed by atoms with Crippen molar-refractivity contribution in [3.8, 4) is 0 Å². The Morgan fingerprint density at radius 3 is 2.67 bits per heavy atom. The molecule has 0 saturated heterocycles. The highest BCUT2D eigenvalue weighted by atomic mass is 16.6. The maximum atomic E-state index is 11.5. The van der Waals surface area contributed by atoms with Crippen molar-refractivity contribution in [2.45, 2.75) is 32.2 Å². The van der Waals surface area contributed by atoms with Gasteiger partial charge in [0.1, 0.15) is 0 Å². The van der Waals surface area contributed by atoms with Crippen molar-refractivity contribution in [2.24, 2.45) is 22.7 Å². The van der Waals surface area contributed by atoms with E-state index in [0.717, 1.165) is 6.42 Å². The molecule has 15 heavy (non-hydrogen) atoms. The first kappa shape index (κ1) is 9.13. The maximum absolute atomic E-state index is 11.5. The molecule has 3 heteroatoms. The number of nitrogens with zero attached hydrogens (tertiary/aromatic N) is 1. The van der Waals surface area contributed by atoms with Crippen LogP contribution in [-0.2, 0) is 9.53 Å². The van der Waals surface area contributed by atoms with Gasteiger partial charge >= 0.3 is 5.97 Å². The quantitative estimate of drug-likeness (QED) is 0.484. The van der Waals surface area contributed by atoms with Crippen molar-refractivity contribution < 1.29 is 9.53 Å². The maximum Gasteiger partial charge on any atom is 0.340 e. The molecule has 3 atom stereocenters. The minimum absolute atomic E-state index is 0.204. The second-order valence-electron chi connectivity index (χ2n) is 5.29. The summed E-state index contributed by atoms with van der Waals surface area (Å²) < 4.78 is 5.29. The zero-order valence-electron chi connectivity index (χ0n) is 9.06. The Labute approximate surface area is 89.2 Å². The normalized spacial score (nSPS) is 40.8. The lowest BCUT2D eigenvalue weighted by Crippen LogP contribution is -2.25. The van der Waals surface area contributed by atoms with Gasteiger partial charge in [-0.05, 0) is 38.5 Å². The van der Waals surface area contributed by atoms with Gasteiger partial charge in [0.05, 0.1) is 0 Å². The molecule has 3 rings (SSSR count). The van der Waals surface area contributed by atoms with Gasteiger partial charge in [-0.1, -0.05) is 12.2 Å². The molecule has 1 aliphatic heterocycles. The highest BCUT2D eigenvalue weighted by Gasteiger charge is 2.45. The Kier molecular flexibility index (Phi) is 1.65. The van der Waals surface area contributed by atoms with Crippen LogP contribution in [0.15, 0.2) is 17.1 Å². The molecule has 2 bridgehead atoms. The van der Waals surface area contributed by atoms with Crippen LogP contribution in [0.2, 0.25) is 0 Å². The van der Waals surface area contributed by atoms with E-state index < -0.39 is 5.54 Å². The van der Waals surface area contributed by atoms with E-state index in [-0.39, 0.29) is 5.97 Å². The van der Waals surface area contributed by atoms with Crippen LogP contribution >= 0.6 is 0 Å². The molecule has 1 fully saturated rings. The molecule has 80 valence electrons. The summed E-state index contributed by atoms with van der Waals surface area (Å²) in [6, 6.07) is 0. The number of aliphatic imine (C=N–C) groups is 1. The lowest BCUT2D eigenvalue weighted by atomic mass is 9.93. The lowest BCUT2D eigenvalue weighted by molar-refractivity contribution is -0.138. The standard InChI is InChI=1S/C12H15NO2/c1-12(2)11(14)15-10(13-12)9-6-7-3-4-8(9)5-7/h3-4,7-9H,5-6H2,1-2H3/t7-,8+,9+/m0/s1. The summed E-state index contributed by atoms with van der Waals surface area (Å²) in [6.07, 6.45) is 6.84. The lowest BCUT2D eigenvalue weighted by Gasteiger charge is -2.16. The third-order valence-electron chi connectivity index (χ3n) is 3.68. The highest BCUT2D eigenvalue weighted by Crippen LogP contribution is 2.45. The van der Waals surface area contributed by atoms with Crippen LogP contribution in [0.5, 0.6) is 0 Å². The summed E-state index contributed by atoms with van der Waals surface area (Å²) in [6.45, 7) is 3.62.